The van der Waals surface area contributed by atoms with E-state index in [0.29, 0.717) is 12.5 Å². The van der Waals surface area contributed by atoms with Gasteiger partial charge in [-0.2, -0.15) is 5.10 Å². The van der Waals surface area contributed by atoms with Crippen molar-refractivity contribution in [1.82, 2.24) is 10.2 Å². The number of aromatic nitrogens is 2. The smallest absolute Gasteiger partial charge is 0.233 e. The summed E-state index contributed by atoms with van der Waals surface area (Å²) in [6.45, 7) is 0.678. The van der Waals surface area contributed by atoms with Gasteiger partial charge in [-0.1, -0.05) is 18.2 Å². The molecule has 0 spiro atoms. The lowest BCUT2D eigenvalue weighted by Crippen LogP contribution is -2.01. The van der Waals surface area contributed by atoms with Crippen molar-refractivity contribution in [3.8, 4) is 11.6 Å². The SMILES string of the molecule is COc1ccc(CCCOc2ccccc2)nn1. The predicted octanol–water partition coefficient (Wildman–Crippen LogP) is 2.50. The third-order valence-corrected chi connectivity index (χ3v) is 2.49. The van der Waals surface area contributed by atoms with Crippen LogP contribution in [0.5, 0.6) is 11.6 Å². The Kier molecular flexibility index (Phi) is 4.53. The first-order valence-corrected chi connectivity index (χ1v) is 5.93. The third kappa shape index (κ3) is 3.73. The van der Waals surface area contributed by atoms with Crippen molar-refractivity contribution in [3.05, 3.63) is 48.2 Å². The van der Waals surface area contributed by atoms with Crippen LogP contribution in [0.1, 0.15) is 12.1 Å². The van der Waals surface area contributed by atoms with E-state index >= 15 is 0 Å². The summed E-state index contributed by atoms with van der Waals surface area (Å²) in [5, 5.41) is 7.98. The lowest BCUT2D eigenvalue weighted by Gasteiger charge is -2.05. The van der Waals surface area contributed by atoms with Crippen LogP contribution in [0.25, 0.3) is 0 Å². The highest BCUT2D eigenvalue weighted by atomic mass is 16.5. The minimum Gasteiger partial charge on any atom is -0.494 e. The normalized spacial score (nSPS) is 10.1. The fraction of sp³-hybridized carbons (Fsp3) is 0.286. The van der Waals surface area contributed by atoms with Gasteiger partial charge in [0.2, 0.25) is 5.88 Å². The first kappa shape index (κ1) is 12.4. The standard InChI is InChI=1S/C14H16N2O2/c1-17-14-10-9-12(15-16-14)6-5-11-18-13-7-3-2-4-8-13/h2-4,7-10H,5-6,11H2,1H3. The Morgan fingerprint density at radius 1 is 1.00 bits per heavy atom. The molecular formula is C14H16N2O2. The quantitative estimate of drug-likeness (QED) is 0.732. The van der Waals surface area contributed by atoms with Gasteiger partial charge in [-0.25, -0.2) is 0 Å². The molecule has 0 fully saturated rings. The van der Waals surface area contributed by atoms with E-state index in [2.05, 4.69) is 10.2 Å². The number of benzene rings is 1. The van der Waals surface area contributed by atoms with Gasteiger partial charge in [-0.15, -0.1) is 5.10 Å². The molecular weight excluding hydrogens is 228 g/mol. The lowest BCUT2D eigenvalue weighted by atomic mass is 10.2. The van der Waals surface area contributed by atoms with Crippen LogP contribution < -0.4 is 9.47 Å². The summed E-state index contributed by atoms with van der Waals surface area (Å²) < 4.78 is 10.6. The summed E-state index contributed by atoms with van der Waals surface area (Å²) in [5.41, 5.74) is 0.951. The molecule has 0 unspecified atom stereocenters. The molecule has 2 rings (SSSR count). The van der Waals surface area contributed by atoms with E-state index < -0.39 is 0 Å². The molecule has 4 nitrogen and oxygen atoms in total. The minimum absolute atomic E-state index is 0.541. The zero-order chi connectivity index (χ0) is 12.6. The van der Waals surface area contributed by atoms with E-state index in [9.17, 15) is 0 Å². The maximum absolute atomic E-state index is 5.60. The Bertz CT molecular complexity index is 457. The number of ether oxygens (including phenoxy) is 2. The van der Waals surface area contributed by atoms with Gasteiger partial charge in [-0.3, -0.25) is 0 Å². The molecule has 18 heavy (non-hydrogen) atoms. The van der Waals surface area contributed by atoms with Crippen LogP contribution in [0.2, 0.25) is 0 Å². The first-order chi connectivity index (χ1) is 8.88. The molecule has 0 aliphatic carbocycles. The molecule has 0 saturated heterocycles. The van der Waals surface area contributed by atoms with E-state index in [0.717, 1.165) is 24.3 Å². The van der Waals surface area contributed by atoms with Crippen molar-refractivity contribution in [2.75, 3.05) is 13.7 Å². The summed E-state index contributed by atoms with van der Waals surface area (Å²) in [6.07, 6.45) is 1.76. The minimum atomic E-state index is 0.541. The topological polar surface area (TPSA) is 44.2 Å². The molecule has 4 heteroatoms. The third-order valence-electron chi connectivity index (χ3n) is 2.49. The van der Waals surface area contributed by atoms with Crippen LogP contribution in [0.15, 0.2) is 42.5 Å². The van der Waals surface area contributed by atoms with Crippen LogP contribution in [0.3, 0.4) is 0 Å². The Hall–Kier alpha value is -2.10. The summed E-state index contributed by atoms with van der Waals surface area (Å²) in [7, 11) is 1.58. The van der Waals surface area contributed by atoms with Crippen LogP contribution in [-0.2, 0) is 6.42 Å². The molecule has 1 aromatic heterocycles. The van der Waals surface area contributed by atoms with E-state index in [1.807, 2.05) is 42.5 Å². The Balaban J connectivity index is 1.72. The average Bonchev–Trinajstić information content (AvgIpc) is 2.45. The van der Waals surface area contributed by atoms with Crippen molar-refractivity contribution < 1.29 is 9.47 Å². The summed E-state index contributed by atoms with van der Waals surface area (Å²) >= 11 is 0. The number of methoxy groups -OCH3 is 1. The van der Waals surface area contributed by atoms with E-state index in [-0.39, 0.29) is 0 Å². The Morgan fingerprint density at radius 3 is 2.50 bits per heavy atom. The average molecular weight is 244 g/mol. The van der Waals surface area contributed by atoms with Crippen LogP contribution in [-0.4, -0.2) is 23.9 Å². The zero-order valence-electron chi connectivity index (χ0n) is 10.4. The van der Waals surface area contributed by atoms with Gasteiger partial charge in [0.1, 0.15) is 5.75 Å². The number of rotatable bonds is 6. The predicted molar refractivity (Wildman–Crippen MR) is 68.8 cm³/mol. The molecule has 0 aliphatic heterocycles. The fourth-order valence-electron chi connectivity index (χ4n) is 1.55. The molecule has 1 aromatic carbocycles. The molecule has 0 atom stereocenters. The highest BCUT2D eigenvalue weighted by molar-refractivity contribution is 5.20. The monoisotopic (exact) mass is 244 g/mol. The van der Waals surface area contributed by atoms with Gasteiger partial charge in [0.25, 0.3) is 0 Å². The fourth-order valence-corrected chi connectivity index (χ4v) is 1.55. The van der Waals surface area contributed by atoms with E-state index in [1.54, 1.807) is 7.11 Å². The number of hydrogen-bond acceptors (Lipinski definition) is 4. The molecule has 0 N–H and O–H groups in total. The van der Waals surface area contributed by atoms with E-state index in [4.69, 9.17) is 9.47 Å². The number of nitrogens with zero attached hydrogens (tertiary/aromatic N) is 2. The second kappa shape index (κ2) is 6.59. The number of aryl methyl sites for hydroxylation is 1. The van der Waals surface area contributed by atoms with Gasteiger partial charge >= 0.3 is 0 Å². The molecule has 0 bridgehead atoms. The second-order valence-corrected chi connectivity index (χ2v) is 3.83. The van der Waals surface area contributed by atoms with Gasteiger partial charge in [0, 0.05) is 6.07 Å². The zero-order valence-corrected chi connectivity index (χ0v) is 10.4. The number of hydrogen-bond donors (Lipinski definition) is 0. The van der Waals surface area contributed by atoms with Crippen molar-refractivity contribution in [2.24, 2.45) is 0 Å². The van der Waals surface area contributed by atoms with Crippen molar-refractivity contribution >= 4 is 0 Å². The van der Waals surface area contributed by atoms with Crippen LogP contribution in [0.4, 0.5) is 0 Å². The van der Waals surface area contributed by atoms with Crippen LogP contribution in [0, 0.1) is 0 Å². The van der Waals surface area contributed by atoms with Crippen molar-refractivity contribution in [3.63, 3.8) is 0 Å². The number of para-hydroxylation sites is 1. The van der Waals surface area contributed by atoms with Crippen LogP contribution >= 0.6 is 0 Å². The van der Waals surface area contributed by atoms with Gasteiger partial charge < -0.3 is 9.47 Å². The maximum Gasteiger partial charge on any atom is 0.233 e. The first-order valence-electron chi connectivity index (χ1n) is 5.93. The van der Waals surface area contributed by atoms with Gasteiger partial charge in [0.15, 0.2) is 0 Å². The molecule has 0 amide bonds. The summed E-state index contributed by atoms with van der Waals surface area (Å²) in [6, 6.07) is 13.5. The van der Waals surface area contributed by atoms with Gasteiger partial charge in [0.05, 0.1) is 19.4 Å². The van der Waals surface area contributed by atoms with Crippen molar-refractivity contribution in [1.29, 1.82) is 0 Å². The summed E-state index contributed by atoms with van der Waals surface area (Å²) in [4.78, 5) is 0. The lowest BCUT2D eigenvalue weighted by molar-refractivity contribution is 0.310. The molecule has 0 aliphatic rings. The molecule has 0 radical (unpaired) electrons. The Labute approximate surface area is 107 Å². The maximum atomic E-state index is 5.60. The van der Waals surface area contributed by atoms with Gasteiger partial charge in [-0.05, 0) is 31.0 Å². The molecule has 2 aromatic rings. The van der Waals surface area contributed by atoms with E-state index in [1.165, 1.54) is 0 Å². The summed E-state index contributed by atoms with van der Waals surface area (Å²) in [5.74, 6) is 1.44. The Morgan fingerprint density at radius 2 is 1.83 bits per heavy atom. The molecule has 0 saturated carbocycles. The molecule has 1 heterocycles. The highest BCUT2D eigenvalue weighted by Gasteiger charge is 1.98. The highest BCUT2D eigenvalue weighted by Crippen LogP contribution is 2.09. The largest absolute Gasteiger partial charge is 0.494 e. The second-order valence-electron chi connectivity index (χ2n) is 3.83. The van der Waals surface area contributed by atoms with Crippen molar-refractivity contribution in [2.45, 2.75) is 12.8 Å². The molecule has 94 valence electrons.